The Kier molecular flexibility index (Phi) is 3.45. The van der Waals surface area contributed by atoms with E-state index >= 15 is 0 Å². The smallest absolute Gasteiger partial charge is 0.166 e. The maximum absolute atomic E-state index is 12.9. The van der Waals surface area contributed by atoms with E-state index in [0.717, 1.165) is 24.3 Å². The molecule has 0 saturated carbocycles. The van der Waals surface area contributed by atoms with Crippen molar-refractivity contribution in [3.05, 3.63) is 71.8 Å². The second-order valence-electron chi connectivity index (χ2n) is 6.17. The van der Waals surface area contributed by atoms with Gasteiger partial charge in [-0.2, -0.15) is 26.3 Å². The zero-order valence-electron chi connectivity index (χ0n) is 13.0. The van der Waals surface area contributed by atoms with Gasteiger partial charge in [0.15, 0.2) is 0 Å². The number of rotatable bonds is 0. The Morgan fingerprint density at radius 3 is 1.04 bits per heavy atom. The highest BCUT2D eigenvalue weighted by molar-refractivity contribution is 6.04. The molecule has 0 N–H and O–H groups in total. The van der Waals surface area contributed by atoms with Crippen LogP contribution < -0.4 is 0 Å². The van der Waals surface area contributed by atoms with E-state index in [1.165, 1.54) is 12.1 Å². The van der Waals surface area contributed by atoms with Crippen molar-refractivity contribution in [3.8, 4) is 0 Å². The third-order valence-electron chi connectivity index (χ3n) is 4.41. The van der Waals surface area contributed by atoms with Gasteiger partial charge in [0.2, 0.25) is 0 Å². The molecule has 0 atom stereocenters. The summed E-state index contributed by atoms with van der Waals surface area (Å²) in [6.07, 6.45) is -8.86. The normalized spacial score (nSPS) is 13.0. The molecule has 132 valence electrons. The highest BCUT2D eigenvalue weighted by Gasteiger charge is 2.31. The molecular formula is C20H10F6. The lowest BCUT2D eigenvalue weighted by Crippen LogP contribution is -2.04. The molecule has 0 aliphatic carbocycles. The highest BCUT2D eigenvalue weighted by Crippen LogP contribution is 2.35. The van der Waals surface area contributed by atoms with Crippen LogP contribution in [0, 0.1) is 0 Å². The van der Waals surface area contributed by atoms with Crippen LogP contribution in [-0.4, -0.2) is 0 Å². The van der Waals surface area contributed by atoms with Crippen LogP contribution in [0.25, 0.3) is 32.3 Å². The van der Waals surface area contributed by atoms with Gasteiger partial charge in [0, 0.05) is 0 Å². The molecule has 6 heteroatoms. The summed E-state index contributed by atoms with van der Waals surface area (Å²) < 4.78 is 77.3. The third-order valence-corrected chi connectivity index (χ3v) is 4.41. The van der Waals surface area contributed by atoms with Gasteiger partial charge in [-0.25, -0.2) is 0 Å². The summed E-state index contributed by atoms with van der Waals surface area (Å²) in [4.78, 5) is 0. The van der Waals surface area contributed by atoms with Crippen molar-refractivity contribution in [2.24, 2.45) is 0 Å². The maximum atomic E-state index is 12.9. The first-order valence-corrected chi connectivity index (χ1v) is 7.67. The quantitative estimate of drug-likeness (QED) is 0.229. The molecule has 0 aromatic heterocycles. The summed E-state index contributed by atoms with van der Waals surface area (Å²) in [5.41, 5.74) is -1.47. The van der Waals surface area contributed by atoms with Gasteiger partial charge in [0.05, 0.1) is 11.1 Å². The second kappa shape index (κ2) is 5.37. The lowest BCUT2D eigenvalue weighted by atomic mass is 9.97. The summed E-state index contributed by atoms with van der Waals surface area (Å²) in [7, 11) is 0. The van der Waals surface area contributed by atoms with Crippen LogP contribution in [0.1, 0.15) is 11.1 Å². The van der Waals surface area contributed by atoms with Crippen molar-refractivity contribution in [1.82, 2.24) is 0 Å². The van der Waals surface area contributed by atoms with E-state index in [4.69, 9.17) is 0 Å². The first kappa shape index (κ1) is 16.7. The van der Waals surface area contributed by atoms with E-state index in [2.05, 4.69) is 0 Å². The predicted molar refractivity (Wildman–Crippen MR) is 89.0 cm³/mol. The van der Waals surface area contributed by atoms with E-state index in [0.29, 0.717) is 32.3 Å². The van der Waals surface area contributed by atoms with Gasteiger partial charge in [0.1, 0.15) is 0 Å². The third kappa shape index (κ3) is 2.85. The Morgan fingerprint density at radius 1 is 0.385 bits per heavy atom. The maximum Gasteiger partial charge on any atom is 0.416 e. The number of fused-ring (bicyclic) bond motifs is 3. The summed E-state index contributed by atoms with van der Waals surface area (Å²) >= 11 is 0. The van der Waals surface area contributed by atoms with E-state index in [9.17, 15) is 26.3 Å². The molecule has 0 unspecified atom stereocenters. The Bertz CT molecular complexity index is 1060. The predicted octanol–water partition coefficient (Wildman–Crippen LogP) is 7.18. The lowest BCUT2D eigenvalue weighted by molar-refractivity contribution is -0.138. The van der Waals surface area contributed by atoms with Crippen LogP contribution in [0.4, 0.5) is 26.3 Å². The SMILES string of the molecule is FC(F)(F)c1ccc2cc3cc4cc(C(F)(F)F)ccc4cc3cc2c1. The fourth-order valence-corrected chi connectivity index (χ4v) is 3.10. The van der Waals surface area contributed by atoms with Crippen LogP contribution in [-0.2, 0) is 12.4 Å². The fourth-order valence-electron chi connectivity index (χ4n) is 3.10. The molecule has 0 fully saturated rings. The number of halogens is 6. The van der Waals surface area contributed by atoms with Gasteiger partial charge in [-0.3, -0.25) is 0 Å². The Balaban J connectivity index is 1.95. The Labute approximate surface area is 143 Å². The number of benzene rings is 4. The van der Waals surface area contributed by atoms with Crippen molar-refractivity contribution in [2.75, 3.05) is 0 Å². The van der Waals surface area contributed by atoms with E-state index in [-0.39, 0.29) is 0 Å². The highest BCUT2D eigenvalue weighted by atomic mass is 19.4. The molecule has 0 nitrogen and oxygen atoms in total. The average Bonchev–Trinajstić information content (AvgIpc) is 2.55. The molecule has 0 spiro atoms. The molecular weight excluding hydrogens is 354 g/mol. The Hall–Kier alpha value is -2.76. The molecule has 0 aliphatic heterocycles. The molecule has 4 aromatic rings. The second-order valence-corrected chi connectivity index (χ2v) is 6.17. The number of hydrogen-bond donors (Lipinski definition) is 0. The van der Waals surface area contributed by atoms with Crippen LogP contribution >= 0.6 is 0 Å². The van der Waals surface area contributed by atoms with Crippen molar-refractivity contribution < 1.29 is 26.3 Å². The molecule has 0 heterocycles. The molecule has 0 aliphatic rings. The van der Waals surface area contributed by atoms with Crippen molar-refractivity contribution in [3.63, 3.8) is 0 Å². The van der Waals surface area contributed by atoms with Crippen LogP contribution in [0.3, 0.4) is 0 Å². The van der Waals surface area contributed by atoms with Crippen molar-refractivity contribution in [2.45, 2.75) is 12.4 Å². The molecule has 0 bridgehead atoms. The van der Waals surface area contributed by atoms with Crippen LogP contribution in [0.15, 0.2) is 60.7 Å². The molecule has 26 heavy (non-hydrogen) atoms. The monoisotopic (exact) mass is 364 g/mol. The van der Waals surface area contributed by atoms with Gasteiger partial charge in [-0.1, -0.05) is 12.1 Å². The summed E-state index contributed by atoms with van der Waals surface area (Å²) in [6.45, 7) is 0. The van der Waals surface area contributed by atoms with Crippen LogP contribution in [0.2, 0.25) is 0 Å². The van der Waals surface area contributed by atoms with Crippen molar-refractivity contribution in [1.29, 1.82) is 0 Å². The summed E-state index contributed by atoms with van der Waals surface area (Å²) in [5, 5.41) is 3.39. The van der Waals surface area contributed by atoms with E-state index in [1.807, 2.05) is 0 Å². The summed E-state index contributed by atoms with van der Waals surface area (Å²) in [5.74, 6) is 0. The topological polar surface area (TPSA) is 0 Å². The molecule has 0 saturated heterocycles. The van der Waals surface area contributed by atoms with E-state index < -0.39 is 23.5 Å². The van der Waals surface area contributed by atoms with Gasteiger partial charge in [0.25, 0.3) is 0 Å². The lowest BCUT2D eigenvalue weighted by Gasteiger charge is -2.11. The summed E-state index contributed by atoms with van der Waals surface area (Å²) in [6, 6.07) is 13.5. The van der Waals surface area contributed by atoms with E-state index in [1.54, 1.807) is 24.3 Å². The molecule has 0 amide bonds. The fraction of sp³-hybridized carbons (Fsp3) is 0.100. The Morgan fingerprint density at radius 2 is 0.692 bits per heavy atom. The molecule has 4 aromatic carbocycles. The minimum atomic E-state index is -4.43. The first-order chi connectivity index (χ1) is 12.1. The molecule has 4 rings (SSSR count). The van der Waals surface area contributed by atoms with Gasteiger partial charge >= 0.3 is 12.4 Å². The largest absolute Gasteiger partial charge is 0.416 e. The molecule has 0 radical (unpaired) electrons. The average molecular weight is 364 g/mol. The standard InChI is InChI=1S/C20H10F6/c21-19(22,23)17-3-1-11-5-13-8-16-10-18(20(24,25)26)4-2-12(16)6-14(13)7-15(11)9-17/h1-10H. The number of hydrogen-bond acceptors (Lipinski definition) is 0. The zero-order valence-corrected chi connectivity index (χ0v) is 13.0. The van der Waals surface area contributed by atoms with Gasteiger partial charge in [-0.05, 0) is 80.8 Å². The zero-order chi connectivity index (χ0) is 18.7. The van der Waals surface area contributed by atoms with Gasteiger partial charge < -0.3 is 0 Å². The number of alkyl halides is 6. The minimum Gasteiger partial charge on any atom is -0.166 e. The first-order valence-electron chi connectivity index (χ1n) is 7.67. The van der Waals surface area contributed by atoms with Crippen LogP contribution in [0.5, 0.6) is 0 Å². The minimum absolute atomic E-state index is 0.429. The van der Waals surface area contributed by atoms with Gasteiger partial charge in [-0.15, -0.1) is 0 Å². The van der Waals surface area contributed by atoms with Crippen molar-refractivity contribution >= 4 is 32.3 Å².